The molecule has 24 heavy (non-hydrogen) atoms. The first-order chi connectivity index (χ1) is 11.5. The Morgan fingerprint density at radius 1 is 1.08 bits per heavy atom. The molecule has 126 valence electrons. The fourth-order valence-electron chi connectivity index (χ4n) is 2.03. The average molecular weight is 382 g/mol. The quantitative estimate of drug-likeness (QED) is 0.493. The lowest BCUT2D eigenvalue weighted by Gasteiger charge is -2.07. The summed E-state index contributed by atoms with van der Waals surface area (Å²) in [6.07, 6.45) is 1.32. The van der Waals surface area contributed by atoms with E-state index in [1.54, 1.807) is 18.2 Å². The van der Waals surface area contributed by atoms with Gasteiger partial charge in [0.1, 0.15) is 0 Å². The van der Waals surface area contributed by atoms with E-state index in [4.69, 9.17) is 23.2 Å². The van der Waals surface area contributed by atoms with Crippen LogP contribution < -0.4 is 5.32 Å². The molecule has 0 spiro atoms. The normalized spacial score (nSPS) is 10.5. The predicted molar refractivity (Wildman–Crippen MR) is 101 cm³/mol. The van der Waals surface area contributed by atoms with E-state index in [-0.39, 0.29) is 17.4 Å². The fraction of sp³-hybridized carbons (Fsp3) is 0.222. The highest BCUT2D eigenvalue weighted by molar-refractivity contribution is 8.00. The van der Waals surface area contributed by atoms with Gasteiger partial charge in [-0.25, -0.2) is 0 Å². The molecule has 3 nitrogen and oxygen atoms in total. The minimum atomic E-state index is -0.0537. The summed E-state index contributed by atoms with van der Waals surface area (Å²) in [7, 11) is 0. The fourth-order valence-corrected chi connectivity index (χ4v) is 3.32. The third kappa shape index (κ3) is 5.55. The molecule has 1 N–H and O–H groups in total. The number of carbonyl (C=O) groups excluding carboxylic acids is 2. The molecule has 1 amide bonds. The average Bonchev–Trinajstić information content (AvgIpc) is 2.54. The van der Waals surface area contributed by atoms with Gasteiger partial charge in [-0.2, -0.15) is 0 Å². The molecule has 0 heterocycles. The summed E-state index contributed by atoms with van der Waals surface area (Å²) in [4.78, 5) is 24.7. The topological polar surface area (TPSA) is 46.2 Å². The maximum Gasteiger partial charge on any atom is 0.224 e. The molecule has 2 aromatic rings. The molecule has 0 atom stereocenters. The van der Waals surface area contributed by atoms with Crippen molar-refractivity contribution in [3.63, 3.8) is 0 Å². The Morgan fingerprint density at radius 3 is 2.42 bits per heavy atom. The Bertz CT molecular complexity index is 732. The van der Waals surface area contributed by atoms with E-state index in [9.17, 15) is 9.59 Å². The van der Waals surface area contributed by atoms with Gasteiger partial charge in [-0.05, 0) is 48.9 Å². The van der Waals surface area contributed by atoms with Crippen molar-refractivity contribution in [3.8, 4) is 0 Å². The first kappa shape index (κ1) is 18.8. The number of rotatable bonds is 7. The molecular weight excluding hydrogens is 365 g/mol. The SMILES string of the molecule is CCCC(=O)Nc1ccc(SCC(=O)c2ccc(Cl)cc2Cl)cc1. The van der Waals surface area contributed by atoms with Crippen molar-refractivity contribution in [2.75, 3.05) is 11.1 Å². The van der Waals surface area contributed by atoms with Gasteiger partial charge in [0.2, 0.25) is 5.91 Å². The third-order valence-electron chi connectivity index (χ3n) is 3.22. The van der Waals surface area contributed by atoms with E-state index in [2.05, 4.69) is 5.32 Å². The highest BCUT2D eigenvalue weighted by atomic mass is 35.5. The molecule has 0 aliphatic heterocycles. The second kappa shape index (κ2) is 9.11. The van der Waals surface area contributed by atoms with Crippen LogP contribution in [0, 0.1) is 0 Å². The minimum absolute atomic E-state index is 0.00506. The van der Waals surface area contributed by atoms with Crippen molar-refractivity contribution in [1.29, 1.82) is 0 Å². The van der Waals surface area contributed by atoms with E-state index in [1.165, 1.54) is 11.8 Å². The molecule has 0 aromatic heterocycles. The van der Waals surface area contributed by atoms with Gasteiger partial charge >= 0.3 is 0 Å². The number of benzene rings is 2. The molecule has 2 aromatic carbocycles. The van der Waals surface area contributed by atoms with Crippen LogP contribution in [0.3, 0.4) is 0 Å². The van der Waals surface area contributed by atoms with Gasteiger partial charge in [0, 0.05) is 27.6 Å². The summed E-state index contributed by atoms with van der Waals surface area (Å²) in [5, 5.41) is 3.70. The summed E-state index contributed by atoms with van der Waals surface area (Å²) in [5.41, 5.74) is 1.22. The molecule has 0 radical (unpaired) electrons. The largest absolute Gasteiger partial charge is 0.326 e. The highest BCUT2D eigenvalue weighted by Gasteiger charge is 2.11. The smallest absolute Gasteiger partial charge is 0.224 e. The van der Waals surface area contributed by atoms with E-state index in [1.807, 2.05) is 31.2 Å². The van der Waals surface area contributed by atoms with Crippen LogP contribution in [-0.4, -0.2) is 17.4 Å². The maximum absolute atomic E-state index is 12.2. The van der Waals surface area contributed by atoms with Crippen LogP contribution in [-0.2, 0) is 4.79 Å². The Hall–Kier alpha value is -1.49. The molecule has 0 aliphatic carbocycles. The molecule has 0 fully saturated rings. The maximum atomic E-state index is 12.2. The monoisotopic (exact) mass is 381 g/mol. The first-order valence-corrected chi connectivity index (χ1v) is 9.24. The lowest BCUT2D eigenvalue weighted by Crippen LogP contribution is -2.10. The summed E-state index contributed by atoms with van der Waals surface area (Å²) >= 11 is 13.3. The van der Waals surface area contributed by atoms with Crippen molar-refractivity contribution < 1.29 is 9.59 Å². The first-order valence-electron chi connectivity index (χ1n) is 7.50. The van der Waals surface area contributed by atoms with Crippen molar-refractivity contribution >= 4 is 52.3 Å². The van der Waals surface area contributed by atoms with Crippen LogP contribution in [0.5, 0.6) is 0 Å². The standard InChI is InChI=1S/C18H17Cl2NO2S/c1-2-3-18(23)21-13-5-7-14(8-6-13)24-11-17(22)15-9-4-12(19)10-16(15)20/h4-10H,2-3,11H2,1H3,(H,21,23). The van der Waals surface area contributed by atoms with E-state index >= 15 is 0 Å². The van der Waals surface area contributed by atoms with Crippen LogP contribution in [0.1, 0.15) is 30.1 Å². The number of halogens is 2. The number of nitrogens with one attached hydrogen (secondary N) is 1. The zero-order valence-corrected chi connectivity index (χ0v) is 15.5. The number of ketones is 1. The van der Waals surface area contributed by atoms with Crippen LogP contribution in [0.4, 0.5) is 5.69 Å². The molecule has 2 rings (SSSR count). The van der Waals surface area contributed by atoms with Gasteiger partial charge in [-0.15, -0.1) is 11.8 Å². The van der Waals surface area contributed by atoms with Crippen molar-refractivity contribution in [3.05, 3.63) is 58.1 Å². The number of amides is 1. The van der Waals surface area contributed by atoms with Crippen molar-refractivity contribution in [2.24, 2.45) is 0 Å². The number of anilines is 1. The second-order valence-electron chi connectivity index (χ2n) is 5.16. The molecule has 0 aliphatic rings. The van der Waals surface area contributed by atoms with Crippen molar-refractivity contribution in [1.82, 2.24) is 0 Å². The Morgan fingerprint density at radius 2 is 1.79 bits per heavy atom. The molecule has 0 bridgehead atoms. The van der Waals surface area contributed by atoms with Crippen LogP contribution in [0.25, 0.3) is 0 Å². The van der Waals surface area contributed by atoms with Crippen LogP contribution in [0.15, 0.2) is 47.4 Å². The Balaban J connectivity index is 1.92. The van der Waals surface area contributed by atoms with Gasteiger partial charge in [0.15, 0.2) is 5.78 Å². The summed E-state index contributed by atoms with van der Waals surface area (Å²) in [6.45, 7) is 1.96. The molecule has 0 saturated heterocycles. The van der Waals surface area contributed by atoms with Gasteiger partial charge in [0.25, 0.3) is 0 Å². The number of Topliss-reactive ketones (excluding diaryl/α,β-unsaturated/α-hetero) is 1. The highest BCUT2D eigenvalue weighted by Crippen LogP contribution is 2.25. The molecular formula is C18H17Cl2NO2S. The molecule has 0 saturated carbocycles. The predicted octanol–water partition coefficient (Wildman–Crippen LogP) is 5.71. The van der Waals surface area contributed by atoms with Gasteiger partial charge in [0.05, 0.1) is 10.8 Å². The summed E-state index contributed by atoms with van der Waals surface area (Å²) < 4.78 is 0. The second-order valence-corrected chi connectivity index (χ2v) is 7.05. The van der Waals surface area contributed by atoms with E-state index in [0.717, 1.165) is 17.0 Å². The van der Waals surface area contributed by atoms with Crippen LogP contribution in [0.2, 0.25) is 10.0 Å². The lowest BCUT2D eigenvalue weighted by atomic mass is 10.1. The Kier molecular flexibility index (Phi) is 7.16. The van der Waals surface area contributed by atoms with Gasteiger partial charge < -0.3 is 5.32 Å². The zero-order chi connectivity index (χ0) is 17.5. The number of hydrogen-bond acceptors (Lipinski definition) is 3. The zero-order valence-electron chi connectivity index (χ0n) is 13.1. The molecule has 6 heteroatoms. The summed E-state index contributed by atoms with van der Waals surface area (Å²) in [6, 6.07) is 12.3. The number of hydrogen-bond donors (Lipinski definition) is 1. The van der Waals surface area contributed by atoms with Crippen LogP contribution >= 0.6 is 35.0 Å². The van der Waals surface area contributed by atoms with Crippen molar-refractivity contribution in [2.45, 2.75) is 24.7 Å². The van der Waals surface area contributed by atoms with Gasteiger partial charge in [-0.3, -0.25) is 9.59 Å². The minimum Gasteiger partial charge on any atom is -0.326 e. The Labute approximate surface area is 155 Å². The number of thioether (sulfide) groups is 1. The van der Waals surface area contributed by atoms with Gasteiger partial charge in [-0.1, -0.05) is 30.1 Å². The van der Waals surface area contributed by atoms with E-state index < -0.39 is 0 Å². The third-order valence-corrected chi connectivity index (χ3v) is 4.78. The molecule has 0 unspecified atom stereocenters. The van der Waals surface area contributed by atoms with E-state index in [0.29, 0.717) is 22.0 Å². The lowest BCUT2D eigenvalue weighted by molar-refractivity contribution is -0.116. The number of carbonyl (C=O) groups is 2. The summed E-state index contributed by atoms with van der Waals surface area (Å²) in [5.74, 6) is 0.232.